The summed E-state index contributed by atoms with van der Waals surface area (Å²) in [4.78, 5) is 28.4. The molecule has 0 bridgehead atoms. The van der Waals surface area contributed by atoms with E-state index in [4.69, 9.17) is 23.2 Å². The average Bonchev–Trinajstić information content (AvgIpc) is 3.11. The number of halogens is 2. The van der Waals surface area contributed by atoms with E-state index in [9.17, 15) is 9.59 Å². The molecule has 0 radical (unpaired) electrons. The van der Waals surface area contributed by atoms with E-state index in [1.807, 2.05) is 17.5 Å². The molecule has 27 heavy (non-hydrogen) atoms. The first kappa shape index (κ1) is 19.4. The van der Waals surface area contributed by atoms with Crippen LogP contribution in [0, 0.1) is 0 Å². The van der Waals surface area contributed by atoms with Gasteiger partial charge in [-0.1, -0.05) is 35.3 Å². The second-order valence-corrected chi connectivity index (χ2v) is 7.26. The predicted octanol–water partition coefficient (Wildman–Crippen LogP) is 5.08. The minimum absolute atomic E-state index is 0.0862. The molecule has 0 unspecified atom stereocenters. The van der Waals surface area contributed by atoms with Gasteiger partial charge in [-0.15, -0.1) is 11.3 Å². The van der Waals surface area contributed by atoms with Crippen molar-refractivity contribution in [2.45, 2.75) is 6.42 Å². The molecule has 1 aromatic heterocycles. The molecular formula is C19H14Cl2N2O3S. The van der Waals surface area contributed by atoms with Crippen molar-refractivity contribution < 1.29 is 14.3 Å². The summed E-state index contributed by atoms with van der Waals surface area (Å²) in [6.45, 7) is 0. The van der Waals surface area contributed by atoms with Gasteiger partial charge in [-0.25, -0.2) is 9.78 Å². The molecule has 0 aliphatic rings. The van der Waals surface area contributed by atoms with Crippen LogP contribution in [0.2, 0.25) is 10.0 Å². The van der Waals surface area contributed by atoms with Crippen molar-refractivity contribution in [1.29, 1.82) is 0 Å². The van der Waals surface area contributed by atoms with E-state index in [0.717, 1.165) is 10.6 Å². The molecule has 3 rings (SSSR count). The molecule has 3 aromatic rings. The number of rotatable bonds is 5. The number of hydrogen-bond donors (Lipinski definition) is 1. The number of methoxy groups -OCH3 is 1. The van der Waals surface area contributed by atoms with Crippen molar-refractivity contribution in [1.82, 2.24) is 4.98 Å². The van der Waals surface area contributed by atoms with E-state index >= 15 is 0 Å². The van der Waals surface area contributed by atoms with Crippen molar-refractivity contribution in [3.8, 4) is 10.6 Å². The molecule has 0 saturated heterocycles. The van der Waals surface area contributed by atoms with E-state index in [0.29, 0.717) is 27.0 Å². The van der Waals surface area contributed by atoms with E-state index in [1.54, 1.807) is 12.1 Å². The highest BCUT2D eigenvalue weighted by atomic mass is 35.5. The van der Waals surface area contributed by atoms with Crippen LogP contribution in [0.3, 0.4) is 0 Å². The fraction of sp³-hybridized carbons (Fsp3) is 0.105. The number of amides is 1. The van der Waals surface area contributed by atoms with Gasteiger partial charge in [-0.05, 0) is 30.3 Å². The second kappa shape index (κ2) is 8.52. The van der Waals surface area contributed by atoms with Crippen LogP contribution in [0.4, 0.5) is 5.69 Å². The molecule has 0 aliphatic heterocycles. The van der Waals surface area contributed by atoms with Crippen molar-refractivity contribution in [3.05, 3.63) is 69.1 Å². The van der Waals surface area contributed by atoms with Crippen LogP contribution in [-0.2, 0) is 16.0 Å². The standard InChI is InChI=1S/C19H14Cl2N2O3S/c1-26-19(25)12-4-7-15(21)16(8-12)23-17(24)9-14-10-27-18(22-14)11-2-5-13(20)6-3-11/h2-8,10H,9H2,1H3,(H,23,24). The summed E-state index contributed by atoms with van der Waals surface area (Å²) in [5, 5.41) is 6.32. The van der Waals surface area contributed by atoms with Gasteiger partial charge in [-0.3, -0.25) is 4.79 Å². The Morgan fingerprint density at radius 3 is 2.59 bits per heavy atom. The van der Waals surface area contributed by atoms with Gasteiger partial charge in [0.2, 0.25) is 5.91 Å². The van der Waals surface area contributed by atoms with E-state index in [1.165, 1.54) is 36.6 Å². The van der Waals surface area contributed by atoms with Gasteiger partial charge in [0.1, 0.15) is 5.01 Å². The number of nitrogens with zero attached hydrogens (tertiary/aromatic N) is 1. The van der Waals surface area contributed by atoms with Crippen LogP contribution in [0.15, 0.2) is 47.8 Å². The first-order valence-corrected chi connectivity index (χ1v) is 9.48. The maximum Gasteiger partial charge on any atom is 0.337 e. The third kappa shape index (κ3) is 4.86. The predicted molar refractivity (Wildman–Crippen MR) is 108 cm³/mol. The smallest absolute Gasteiger partial charge is 0.337 e. The lowest BCUT2D eigenvalue weighted by Crippen LogP contribution is -2.15. The van der Waals surface area contributed by atoms with Crippen molar-refractivity contribution in [2.24, 2.45) is 0 Å². The highest BCUT2D eigenvalue weighted by Gasteiger charge is 2.13. The molecule has 0 aliphatic carbocycles. The van der Waals surface area contributed by atoms with Crippen LogP contribution in [0.1, 0.15) is 16.1 Å². The van der Waals surface area contributed by atoms with Crippen molar-refractivity contribution >= 4 is 52.1 Å². The van der Waals surface area contributed by atoms with Gasteiger partial charge in [0.05, 0.1) is 35.5 Å². The number of carbonyl (C=O) groups excluding carboxylic acids is 2. The third-order valence-electron chi connectivity index (χ3n) is 3.65. The summed E-state index contributed by atoms with van der Waals surface area (Å²) in [6.07, 6.45) is 0.0862. The van der Waals surface area contributed by atoms with Crippen LogP contribution >= 0.6 is 34.5 Å². The minimum Gasteiger partial charge on any atom is -0.465 e. The zero-order chi connectivity index (χ0) is 19.4. The fourth-order valence-electron chi connectivity index (χ4n) is 2.34. The molecule has 8 heteroatoms. The van der Waals surface area contributed by atoms with Gasteiger partial charge in [0, 0.05) is 16.0 Å². The second-order valence-electron chi connectivity index (χ2n) is 5.56. The van der Waals surface area contributed by atoms with Gasteiger partial charge in [-0.2, -0.15) is 0 Å². The molecule has 5 nitrogen and oxygen atoms in total. The molecular weight excluding hydrogens is 407 g/mol. The summed E-state index contributed by atoms with van der Waals surface area (Å²) in [5.74, 6) is -0.791. The number of aromatic nitrogens is 1. The molecule has 1 heterocycles. The van der Waals surface area contributed by atoms with Gasteiger partial charge < -0.3 is 10.1 Å². The van der Waals surface area contributed by atoms with Gasteiger partial charge in [0.15, 0.2) is 0 Å². The number of hydrogen-bond acceptors (Lipinski definition) is 5. The maximum absolute atomic E-state index is 12.3. The van der Waals surface area contributed by atoms with E-state index < -0.39 is 5.97 Å². The SMILES string of the molecule is COC(=O)c1ccc(Cl)c(NC(=O)Cc2csc(-c3ccc(Cl)cc3)n2)c1. The Kier molecular flexibility index (Phi) is 6.11. The molecule has 0 fully saturated rings. The van der Waals surface area contributed by atoms with Crippen LogP contribution < -0.4 is 5.32 Å². The highest BCUT2D eigenvalue weighted by molar-refractivity contribution is 7.13. The highest BCUT2D eigenvalue weighted by Crippen LogP contribution is 2.26. The minimum atomic E-state index is -0.505. The largest absolute Gasteiger partial charge is 0.465 e. The fourth-order valence-corrected chi connectivity index (χ4v) is 3.45. The Morgan fingerprint density at radius 2 is 1.89 bits per heavy atom. The monoisotopic (exact) mass is 420 g/mol. The van der Waals surface area contributed by atoms with Crippen molar-refractivity contribution in [2.75, 3.05) is 12.4 Å². The molecule has 2 aromatic carbocycles. The van der Waals surface area contributed by atoms with Crippen LogP contribution in [-0.4, -0.2) is 24.0 Å². The Labute approximate surface area is 169 Å². The lowest BCUT2D eigenvalue weighted by atomic mass is 10.2. The molecule has 1 N–H and O–H groups in total. The molecule has 0 atom stereocenters. The molecule has 1 amide bonds. The average molecular weight is 421 g/mol. The number of carbonyl (C=O) groups is 2. The summed E-state index contributed by atoms with van der Waals surface area (Å²) in [5.41, 5.74) is 2.22. The van der Waals surface area contributed by atoms with E-state index in [-0.39, 0.29) is 12.3 Å². The lowest BCUT2D eigenvalue weighted by Gasteiger charge is -2.08. The zero-order valence-corrected chi connectivity index (χ0v) is 16.5. The van der Waals surface area contributed by atoms with Gasteiger partial charge >= 0.3 is 5.97 Å². The Morgan fingerprint density at radius 1 is 1.15 bits per heavy atom. The Balaban J connectivity index is 1.70. The van der Waals surface area contributed by atoms with Crippen LogP contribution in [0.25, 0.3) is 10.6 Å². The van der Waals surface area contributed by atoms with Crippen LogP contribution in [0.5, 0.6) is 0 Å². The molecule has 0 saturated carbocycles. The first-order chi connectivity index (χ1) is 13.0. The Bertz CT molecular complexity index is 987. The first-order valence-electron chi connectivity index (χ1n) is 7.84. The molecule has 138 valence electrons. The zero-order valence-electron chi connectivity index (χ0n) is 14.2. The summed E-state index contributed by atoms with van der Waals surface area (Å²) >= 11 is 13.4. The number of anilines is 1. The Hall–Kier alpha value is -2.41. The normalized spacial score (nSPS) is 10.5. The third-order valence-corrected chi connectivity index (χ3v) is 5.17. The number of nitrogens with one attached hydrogen (secondary N) is 1. The number of esters is 1. The summed E-state index contributed by atoms with van der Waals surface area (Å²) < 4.78 is 4.67. The molecule has 0 spiro atoms. The summed E-state index contributed by atoms with van der Waals surface area (Å²) in [6, 6.07) is 11.9. The lowest BCUT2D eigenvalue weighted by molar-refractivity contribution is -0.115. The van der Waals surface area contributed by atoms with E-state index in [2.05, 4.69) is 15.0 Å². The number of benzene rings is 2. The van der Waals surface area contributed by atoms with Gasteiger partial charge in [0.25, 0.3) is 0 Å². The number of ether oxygens (including phenoxy) is 1. The van der Waals surface area contributed by atoms with Crippen molar-refractivity contribution in [3.63, 3.8) is 0 Å². The summed E-state index contributed by atoms with van der Waals surface area (Å²) in [7, 11) is 1.29. The maximum atomic E-state index is 12.3. The topological polar surface area (TPSA) is 68.3 Å². The number of thiazole rings is 1. The quantitative estimate of drug-likeness (QED) is 0.583.